The van der Waals surface area contributed by atoms with Gasteiger partial charge in [-0.05, 0) is 62.2 Å². The van der Waals surface area contributed by atoms with Crippen LogP contribution in [-0.4, -0.2) is 33.7 Å². The summed E-state index contributed by atoms with van der Waals surface area (Å²) in [5.41, 5.74) is 2.76. The Bertz CT molecular complexity index is 841. The first kappa shape index (κ1) is 18.6. The van der Waals surface area contributed by atoms with Crippen LogP contribution < -0.4 is 10.6 Å². The minimum Gasteiger partial charge on any atom is -0.353 e. The zero-order valence-corrected chi connectivity index (χ0v) is 15.3. The third kappa shape index (κ3) is 4.14. The molecule has 1 fully saturated rings. The van der Waals surface area contributed by atoms with Crippen LogP contribution in [0, 0.1) is 5.82 Å². The highest BCUT2D eigenvalue weighted by Crippen LogP contribution is 2.22. The Labute approximate surface area is 158 Å². The molecule has 138 valence electrons. The molecular weight excluding hydrogens is 353 g/mol. The fraction of sp³-hybridized carbons (Fsp3) is 0.368. The first-order valence-corrected chi connectivity index (χ1v) is 8.82. The zero-order valence-electron chi connectivity index (χ0n) is 14.5. The van der Waals surface area contributed by atoms with Gasteiger partial charge in [-0.1, -0.05) is 12.1 Å². The Hall–Kier alpha value is -2.18. The van der Waals surface area contributed by atoms with Crippen molar-refractivity contribution >= 4 is 29.5 Å². The van der Waals surface area contributed by atoms with E-state index in [-0.39, 0.29) is 18.2 Å². The molecule has 1 unspecified atom stereocenters. The van der Waals surface area contributed by atoms with E-state index in [1.807, 2.05) is 24.3 Å². The molecule has 3 heterocycles. The molecule has 0 amide bonds. The standard InChI is InChI=1S/C19H22FN5.ClH/c20-15-7-5-14(6-8-15)13-25-17-4-2-11-22-18(17)24-19(25)23-16-3-1-10-21-12-9-16;/h2,4-8,11,16,21H,1,3,9-10,12-13H2,(H,22,23,24);1H. The molecule has 26 heavy (non-hydrogen) atoms. The van der Waals surface area contributed by atoms with E-state index in [1.54, 1.807) is 6.20 Å². The van der Waals surface area contributed by atoms with E-state index in [0.29, 0.717) is 12.6 Å². The maximum absolute atomic E-state index is 13.2. The largest absolute Gasteiger partial charge is 0.353 e. The van der Waals surface area contributed by atoms with Gasteiger partial charge in [0.2, 0.25) is 5.95 Å². The van der Waals surface area contributed by atoms with Gasteiger partial charge < -0.3 is 15.2 Å². The van der Waals surface area contributed by atoms with Gasteiger partial charge in [0.25, 0.3) is 0 Å². The summed E-state index contributed by atoms with van der Waals surface area (Å²) in [5, 5.41) is 7.04. The number of rotatable bonds is 4. The van der Waals surface area contributed by atoms with Crippen molar-refractivity contribution in [3.8, 4) is 0 Å². The molecule has 1 saturated heterocycles. The van der Waals surface area contributed by atoms with E-state index >= 15 is 0 Å². The summed E-state index contributed by atoms with van der Waals surface area (Å²) >= 11 is 0. The van der Waals surface area contributed by atoms with Crippen molar-refractivity contribution in [1.82, 2.24) is 19.9 Å². The second-order valence-electron chi connectivity index (χ2n) is 6.52. The third-order valence-corrected chi connectivity index (χ3v) is 4.69. The van der Waals surface area contributed by atoms with Crippen molar-refractivity contribution in [3.05, 3.63) is 54.0 Å². The second-order valence-corrected chi connectivity index (χ2v) is 6.52. The lowest BCUT2D eigenvalue weighted by Crippen LogP contribution is -2.23. The molecule has 0 saturated carbocycles. The number of benzene rings is 1. The summed E-state index contributed by atoms with van der Waals surface area (Å²) in [6.45, 7) is 2.73. The minimum absolute atomic E-state index is 0. The normalized spacial score (nSPS) is 17.5. The lowest BCUT2D eigenvalue weighted by Gasteiger charge is -2.18. The van der Waals surface area contributed by atoms with Crippen molar-refractivity contribution in [3.63, 3.8) is 0 Å². The summed E-state index contributed by atoms with van der Waals surface area (Å²) in [7, 11) is 0. The number of nitrogens with one attached hydrogen (secondary N) is 2. The molecule has 1 aliphatic heterocycles. The highest BCUT2D eigenvalue weighted by Gasteiger charge is 2.17. The van der Waals surface area contributed by atoms with E-state index in [2.05, 4.69) is 20.2 Å². The van der Waals surface area contributed by atoms with Gasteiger partial charge in [-0.2, -0.15) is 4.98 Å². The predicted octanol–water partition coefficient (Wildman–Crippen LogP) is 3.59. The van der Waals surface area contributed by atoms with Gasteiger partial charge in [-0.15, -0.1) is 12.4 Å². The zero-order chi connectivity index (χ0) is 17.1. The molecule has 1 aromatic carbocycles. The molecule has 0 aliphatic carbocycles. The molecule has 2 aromatic heterocycles. The molecule has 3 aromatic rings. The Morgan fingerprint density at radius 1 is 1.15 bits per heavy atom. The van der Waals surface area contributed by atoms with Crippen LogP contribution in [0.25, 0.3) is 11.2 Å². The van der Waals surface area contributed by atoms with Gasteiger partial charge in [0, 0.05) is 12.2 Å². The Morgan fingerprint density at radius 3 is 2.85 bits per heavy atom. The lowest BCUT2D eigenvalue weighted by molar-refractivity contribution is 0.623. The second kappa shape index (κ2) is 8.47. The van der Waals surface area contributed by atoms with Crippen LogP contribution in [0.1, 0.15) is 24.8 Å². The van der Waals surface area contributed by atoms with Crippen LogP contribution >= 0.6 is 12.4 Å². The lowest BCUT2D eigenvalue weighted by atomic mass is 10.1. The molecule has 0 bridgehead atoms. The van der Waals surface area contributed by atoms with Crippen molar-refractivity contribution in [2.75, 3.05) is 18.4 Å². The average molecular weight is 376 g/mol. The van der Waals surface area contributed by atoms with Crippen molar-refractivity contribution < 1.29 is 4.39 Å². The number of fused-ring (bicyclic) bond motifs is 1. The van der Waals surface area contributed by atoms with E-state index in [0.717, 1.165) is 55.0 Å². The maximum atomic E-state index is 13.2. The van der Waals surface area contributed by atoms with Crippen molar-refractivity contribution in [1.29, 1.82) is 0 Å². The third-order valence-electron chi connectivity index (χ3n) is 4.69. The minimum atomic E-state index is -0.217. The number of anilines is 1. The fourth-order valence-electron chi connectivity index (χ4n) is 3.35. The number of imidazole rings is 1. The van der Waals surface area contributed by atoms with Gasteiger partial charge >= 0.3 is 0 Å². The topological polar surface area (TPSA) is 54.8 Å². The predicted molar refractivity (Wildman–Crippen MR) is 104 cm³/mol. The van der Waals surface area contributed by atoms with Crippen LogP contribution in [0.2, 0.25) is 0 Å². The van der Waals surface area contributed by atoms with Gasteiger partial charge in [-0.25, -0.2) is 9.37 Å². The summed E-state index contributed by atoms with van der Waals surface area (Å²) in [6, 6.07) is 11.0. The number of pyridine rings is 1. The molecule has 1 aliphatic rings. The van der Waals surface area contributed by atoms with Crippen LogP contribution in [0.15, 0.2) is 42.6 Å². The smallest absolute Gasteiger partial charge is 0.205 e. The first-order valence-electron chi connectivity index (χ1n) is 8.82. The molecule has 5 nitrogen and oxygen atoms in total. The van der Waals surface area contributed by atoms with Gasteiger partial charge in [-0.3, -0.25) is 0 Å². The summed E-state index contributed by atoms with van der Waals surface area (Å²) < 4.78 is 15.3. The first-order chi connectivity index (χ1) is 12.3. The number of nitrogens with zero attached hydrogens (tertiary/aromatic N) is 3. The molecule has 0 spiro atoms. The average Bonchev–Trinajstić information content (AvgIpc) is 2.79. The van der Waals surface area contributed by atoms with Crippen LogP contribution in [0.3, 0.4) is 0 Å². The van der Waals surface area contributed by atoms with E-state index < -0.39 is 0 Å². The molecule has 2 N–H and O–H groups in total. The highest BCUT2D eigenvalue weighted by molar-refractivity contribution is 5.85. The summed E-state index contributed by atoms with van der Waals surface area (Å²) in [5.74, 6) is 0.620. The van der Waals surface area contributed by atoms with Crippen LogP contribution in [0.4, 0.5) is 10.3 Å². The number of halogens is 2. The van der Waals surface area contributed by atoms with Crippen molar-refractivity contribution in [2.45, 2.75) is 31.8 Å². The molecular formula is C19H23ClFN5. The van der Waals surface area contributed by atoms with Crippen molar-refractivity contribution in [2.24, 2.45) is 0 Å². The van der Waals surface area contributed by atoms with Gasteiger partial charge in [0.05, 0.1) is 12.1 Å². The quantitative estimate of drug-likeness (QED) is 0.731. The Balaban J connectivity index is 0.00000196. The number of hydrogen-bond donors (Lipinski definition) is 2. The highest BCUT2D eigenvalue weighted by atomic mass is 35.5. The Kier molecular flexibility index (Phi) is 6.06. The molecule has 4 rings (SSSR count). The number of aromatic nitrogens is 3. The molecule has 1 atom stereocenters. The van der Waals surface area contributed by atoms with Crippen LogP contribution in [-0.2, 0) is 6.54 Å². The van der Waals surface area contributed by atoms with Crippen LogP contribution in [0.5, 0.6) is 0 Å². The SMILES string of the molecule is Cl.Fc1ccc(Cn2c(NC3CCCNCC3)nc3ncccc32)cc1. The van der Waals surface area contributed by atoms with E-state index in [4.69, 9.17) is 4.98 Å². The van der Waals surface area contributed by atoms with E-state index in [9.17, 15) is 4.39 Å². The summed E-state index contributed by atoms with van der Waals surface area (Å²) in [4.78, 5) is 9.08. The van der Waals surface area contributed by atoms with Gasteiger partial charge in [0.1, 0.15) is 5.82 Å². The van der Waals surface area contributed by atoms with E-state index in [1.165, 1.54) is 12.1 Å². The number of hydrogen-bond acceptors (Lipinski definition) is 4. The Morgan fingerprint density at radius 2 is 2.00 bits per heavy atom. The van der Waals surface area contributed by atoms with Gasteiger partial charge in [0.15, 0.2) is 5.65 Å². The summed E-state index contributed by atoms with van der Waals surface area (Å²) in [6.07, 6.45) is 5.12. The molecule has 7 heteroatoms. The fourth-order valence-corrected chi connectivity index (χ4v) is 3.35. The monoisotopic (exact) mass is 375 g/mol. The maximum Gasteiger partial charge on any atom is 0.205 e. The molecule has 0 radical (unpaired) electrons.